The van der Waals surface area contributed by atoms with Crippen LogP contribution in [-0.2, 0) is 9.47 Å². The van der Waals surface area contributed by atoms with Gasteiger partial charge in [-0.25, -0.2) is 0 Å². The Labute approximate surface area is 188 Å². The van der Waals surface area contributed by atoms with E-state index in [9.17, 15) is 10.2 Å². The zero-order chi connectivity index (χ0) is 21.8. The molecule has 6 rings (SSSR count). The molecule has 0 unspecified atom stereocenters. The van der Waals surface area contributed by atoms with E-state index in [1.165, 1.54) is 38.5 Å². The molecular formula is C27H44O4. The second kappa shape index (κ2) is 6.93. The summed E-state index contributed by atoms with van der Waals surface area (Å²) in [7, 11) is 0. The van der Waals surface area contributed by atoms with Crippen LogP contribution in [0.3, 0.4) is 0 Å². The lowest BCUT2D eigenvalue weighted by Gasteiger charge is -2.61. The van der Waals surface area contributed by atoms with E-state index in [1.54, 1.807) is 0 Å². The molecule has 1 spiro atoms. The first-order valence-corrected chi connectivity index (χ1v) is 13.4. The van der Waals surface area contributed by atoms with Crippen LogP contribution < -0.4 is 0 Å². The molecule has 4 saturated carbocycles. The SMILES string of the molecule is C[C@@H]1CC[C@]2(OC1)O[C@H]1C[C@H]3[C@@H]4CC[C@H]5C[C@@H](O)[C@@H](O)C[C@]5(C)[C@H]4CC[C@]3(C)[C@H]1[C@H]2C. The van der Waals surface area contributed by atoms with Crippen molar-refractivity contribution in [1.29, 1.82) is 0 Å². The number of hydrogen-bond acceptors (Lipinski definition) is 4. The average Bonchev–Trinajstić information content (AvgIpc) is 3.16. The quantitative estimate of drug-likeness (QED) is 0.579. The van der Waals surface area contributed by atoms with E-state index >= 15 is 0 Å². The molecule has 0 radical (unpaired) electrons. The van der Waals surface area contributed by atoms with Crippen molar-refractivity contribution in [3.05, 3.63) is 0 Å². The van der Waals surface area contributed by atoms with Gasteiger partial charge in [-0.15, -0.1) is 0 Å². The monoisotopic (exact) mass is 432 g/mol. The molecule has 31 heavy (non-hydrogen) atoms. The minimum absolute atomic E-state index is 0.191. The summed E-state index contributed by atoms with van der Waals surface area (Å²) in [6.45, 7) is 10.6. The average molecular weight is 433 g/mol. The topological polar surface area (TPSA) is 58.9 Å². The molecule has 4 nitrogen and oxygen atoms in total. The van der Waals surface area contributed by atoms with Gasteiger partial charge in [-0.1, -0.05) is 27.7 Å². The molecule has 2 aliphatic heterocycles. The first-order chi connectivity index (χ1) is 14.7. The molecular weight excluding hydrogens is 388 g/mol. The molecule has 6 aliphatic rings. The molecule has 2 heterocycles. The highest BCUT2D eigenvalue weighted by molar-refractivity contribution is 5.15. The summed E-state index contributed by atoms with van der Waals surface area (Å²) in [4.78, 5) is 0. The number of aliphatic hydroxyl groups is 2. The van der Waals surface area contributed by atoms with Gasteiger partial charge in [-0.3, -0.25) is 0 Å². The first-order valence-electron chi connectivity index (χ1n) is 13.4. The fourth-order valence-electron chi connectivity index (χ4n) is 10.3. The van der Waals surface area contributed by atoms with Crippen LogP contribution in [-0.4, -0.2) is 40.9 Å². The highest BCUT2D eigenvalue weighted by atomic mass is 16.7. The van der Waals surface area contributed by atoms with Crippen molar-refractivity contribution in [1.82, 2.24) is 0 Å². The number of fused-ring (bicyclic) bond motifs is 7. The summed E-state index contributed by atoms with van der Waals surface area (Å²) in [6.07, 6.45) is 9.51. The normalized spacial score (nSPS) is 63.3. The summed E-state index contributed by atoms with van der Waals surface area (Å²) in [5.41, 5.74) is 0.550. The third kappa shape index (κ3) is 2.80. The molecule has 2 N–H and O–H groups in total. The van der Waals surface area contributed by atoms with Crippen molar-refractivity contribution >= 4 is 0 Å². The van der Waals surface area contributed by atoms with Crippen LogP contribution in [0.5, 0.6) is 0 Å². The van der Waals surface area contributed by atoms with Gasteiger partial charge in [0.2, 0.25) is 0 Å². The van der Waals surface area contributed by atoms with Gasteiger partial charge in [0.25, 0.3) is 0 Å². The summed E-state index contributed by atoms with van der Waals surface area (Å²) >= 11 is 0. The standard InChI is InChI=1S/C27H44O4/c1-15-7-10-27(30-14-15)16(2)24-23(31-27)12-20-18-6-5-17-11-21(28)22(29)13-26(17,4)19(18)8-9-25(20,24)3/h15-24,28-29H,5-14H2,1-4H3/t15-,16-,17+,18-,19+,20+,21-,22+,23+,24+,25+,26+,27+/m1/s1. The van der Waals surface area contributed by atoms with Gasteiger partial charge in [0, 0.05) is 12.3 Å². The van der Waals surface area contributed by atoms with Crippen LogP contribution in [0.4, 0.5) is 0 Å². The highest BCUT2D eigenvalue weighted by Crippen LogP contribution is 2.71. The van der Waals surface area contributed by atoms with Crippen LogP contribution in [0.1, 0.15) is 85.5 Å². The second-order valence-electron chi connectivity index (χ2n) is 13.2. The Bertz CT molecular complexity index is 716. The fraction of sp³-hybridized carbons (Fsp3) is 1.00. The highest BCUT2D eigenvalue weighted by Gasteiger charge is 2.69. The predicted molar refractivity (Wildman–Crippen MR) is 119 cm³/mol. The van der Waals surface area contributed by atoms with Crippen LogP contribution in [0.15, 0.2) is 0 Å². The van der Waals surface area contributed by atoms with Crippen molar-refractivity contribution in [2.45, 2.75) is 110 Å². The lowest BCUT2D eigenvalue weighted by atomic mass is 9.44. The maximum atomic E-state index is 10.6. The van der Waals surface area contributed by atoms with E-state index in [0.29, 0.717) is 41.1 Å². The molecule has 0 aromatic carbocycles. The van der Waals surface area contributed by atoms with Gasteiger partial charge in [0.05, 0.1) is 24.9 Å². The van der Waals surface area contributed by atoms with Crippen LogP contribution in [0.2, 0.25) is 0 Å². The van der Waals surface area contributed by atoms with Crippen molar-refractivity contribution in [2.75, 3.05) is 6.61 Å². The maximum absolute atomic E-state index is 10.6. The fourth-order valence-corrected chi connectivity index (χ4v) is 10.3. The molecule has 2 saturated heterocycles. The van der Waals surface area contributed by atoms with Gasteiger partial charge in [0.15, 0.2) is 5.79 Å². The van der Waals surface area contributed by atoms with Crippen molar-refractivity contribution in [3.8, 4) is 0 Å². The van der Waals surface area contributed by atoms with E-state index in [1.807, 2.05) is 0 Å². The molecule has 4 heteroatoms. The molecule has 6 fully saturated rings. The molecule has 0 aromatic heterocycles. The maximum Gasteiger partial charge on any atom is 0.171 e. The third-order valence-electron chi connectivity index (χ3n) is 12.0. The van der Waals surface area contributed by atoms with Crippen LogP contribution >= 0.6 is 0 Å². The number of aliphatic hydroxyl groups excluding tert-OH is 2. The lowest BCUT2D eigenvalue weighted by Crippen LogP contribution is -2.57. The van der Waals surface area contributed by atoms with E-state index in [-0.39, 0.29) is 11.2 Å². The predicted octanol–water partition coefficient (Wildman–Crippen LogP) is 4.76. The van der Waals surface area contributed by atoms with Gasteiger partial charge >= 0.3 is 0 Å². The Kier molecular flexibility index (Phi) is 4.78. The van der Waals surface area contributed by atoms with Gasteiger partial charge in [0.1, 0.15) is 0 Å². The Hall–Kier alpha value is -0.160. The van der Waals surface area contributed by atoms with E-state index in [0.717, 1.165) is 37.7 Å². The molecule has 0 aromatic rings. The minimum atomic E-state index is -0.537. The number of ether oxygens (including phenoxy) is 2. The largest absolute Gasteiger partial charge is 0.390 e. The summed E-state index contributed by atoms with van der Waals surface area (Å²) in [5, 5.41) is 20.9. The Balaban J connectivity index is 1.26. The van der Waals surface area contributed by atoms with E-state index in [4.69, 9.17) is 9.47 Å². The second-order valence-corrected chi connectivity index (χ2v) is 13.2. The molecule has 0 bridgehead atoms. The number of rotatable bonds is 0. The first kappa shape index (κ1) is 21.4. The number of hydrogen-bond donors (Lipinski definition) is 2. The summed E-state index contributed by atoms with van der Waals surface area (Å²) < 4.78 is 13.3. The van der Waals surface area contributed by atoms with Crippen molar-refractivity contribution < 1.29 is 19.7 Å². The zero-order valence-corrected chi connectivity index (χ0v) is 20.1. The molecule has 13 atom stereocenters. The van der Waals surface area contributed by atoms with Crippen molar-refractivity contribution in [3.63, 3.8) is 0 Å². The minimum Gasteiger partial charge on any atom is -0.390 e. The summed E-state index contributed by atoms with van der Waals surface area (Å²) in [5.74, 6) is 4.21. The lowest BCUT2D eigenvalue weighted by molar-refractivity contribution is -0.273. The van der Waals surface area contributed by atoms with Gasteiger partial charge in [-0.05, 0) is 97.7 Å². The van der Waals surface area contributed by atoms with Crippen LogP contribution in [0.25, 0.3) is 0 Å². The zero-order valence-electron chi connectivity index (χ0n) is 20.1. The van der Waals surface area contributed by atoms with Gasteiger partial charge < -0.3 is 19.7 Å². The Morgan fingerprint density at radius 3 is 2.39 bits per heavy atom. The smallest absolute Gasteiger partial charge is 0.171 e. The third-order valence-corrected chi connectivity index (χ3v) is 12.0. The molecule has 0 amide bonds. The van der Waals surface area contributed by atoms with Crippen molar-refractivity contribution in [2.24, 2.45) is 52.3 Å². The Morgan fingerprint density at radius 1 is 0.839 bits per heavy atom. The van der Waals surface area contributed by atoms with Crippen LogP contribution in [0, 0.1) is 52.3 Å². The van der Waals surface area contributed by atoms with E-state index in [2.05, 4.69) is 27.7 Å². The summed E-state index contributed by atoms with van der Waals surface area (Å²) in [6, 6.07) is 0. The molecule has 4 aliphatic carbocycles. The van der Waals surface area contributed by atoms with E-state index < -0.39 is 12.2 Å². The Morgan fingerprint density at radius 2 is 1.65 bits per heavy atom. The van der Waals surface area contributed by atoms with Gasteiger partial charge in [-0.2, -0.15) is 0 Å². The molecule has 176 valence electrons.